The van der Waals surface area contributed by atoms with Crippen LogP contribution in [0.3, 0.4) is 0 Å². The Kier molecular flexibility index (Phi) is 10.6. The largest absolute Gasteiger partial charge is 0.356 e. The first-order chi connectivity index (χ1) is 12.5. The molecule has 0 aromatic heterocycles. The Bertz CT molecular complexity index is 682. The molecule has 8 heteroatoms. The number of hydrogen-bond donors (Lipinski definition) is 2. The third-order valence-corrected chi connectivity index (χ3v) is 6.94. The molecule has 0 atom stereocenters. The monoisotopic (exact) mass is 508 g/mol. The van der Waals surface area contributed by atoms with E-state index in [9.17, 15) is 8.42 Å². The van der Waals surface area contributed by atoms with E-state index in [0.717, 1.165) is 43.8 Å². The fraction of sp³-hybridized carbons (Fsp3) is 0.632. The van der Waals surface area contributed by atoms with Gasteiger partial charge in [-0.05, 0) is 36.5 Å². The molecule has 1 heterocycles. The standard InChI is InChI=1S/C19H32N4O2S.HI/c1-4-16(5-2)14-21-19(20-3)22-15-17-8-10-18(11-9-17)26(24,25)23-12-6-7-13-23;/h8-11,16H,4-7,12-15H2,1-3H3,(H2,20,21,22);1H. The molecule has 6 nitrogen and oxygen atoms in total. The Labute approximate surface area is 181 Å². The van der Waals surface area contributed by atoms with Gasteiger partial charge in [0.15, 0.2) is 5.96 Å². The van der Waals surface area contributed by atoms with Gasteiger partial charge in [0.25, 0.3) is 0 Å². The lowest BCUT2D eigenvalue weighted by molar-refractivity contribution is 0.477. The Morgan fingerprint density at radius 3 is 2.22 bits per heavy atom. The molecule has 1 aliphatic rings. The molecule has 1 aromatic carbocycles. The van der Waals surface area contributed by atoms with Gasteiger partial charge >= 0.3 is 0 Å². The van der Waals surface area contributed by atoms with Crippen LogP contribution in [0.2, 0.25) is 0 Å². The van der Waals surface area contributed by atoms with Gasteiger partial charge in [0.1, 0.15) is 0 Å². The number of sulfonamides is 1. The average Bonchev–Trinajstić information content (AvgIpc) is 3.21. The van der Waals surface area contributed by atoms with Crippen molar-refractivity contribution in [2.45, 2.75) is 51.0 Å². The first-order valence-corrected chi connectivity index (χ1v) is 11.0. The van der Waals surface area contributed by atoms with Crippen molar-refractivity contribution in [2.75, 3.05) is 26.7 Å². The van der Waals surface area contributed by atoms with Gasteiger partial charge < -0.3 is 10.6 Å². The molecule has 2 N–H and O–H groups in total. The number of hydrogen-bond acceptors (Lipinski definition) is 3. The summed E-state index contributed by atoms with van der Waals surface area (Å²) in [6, 6.07) is 7.13. The first kappa shape index (κ1) is 24.2. The number of aliphatic imine (C=N–C) groups is 1. The number of benzene rings is 1. The van der Waals surface area contributed by atoms with Crippen LogP contribution in [-0.2, 0) is 16.6 Å². The maximum Gasteiger partial charge on any atom is 0.243 e. The van der Waals surface area contributed by atoms with Gasteiger partial charge in [0.2, 0.25) is 10.0 Å². The highest BCUT2D eigenvalue weighted by atomic mass is 127. The number of halogens is 1. The van der Waals surface area contributed by atoms with E-state index in [1.807, 2.05) is 12.1 Å². The van der Waals surface area contributed by atoms with E-state index in [1.54, 1.807) is 23.5 Å². The second-order valence-corrected chi connectivity index (χ2v) is 8.68. The average molecular weight is 508 g/mol. The van der Waals surface area contributed by atoms with Crippen molar-refractivity contribution in [2.24, 2.45) is 10.9 Å². The predicted molar refractivity (Wildman–Crippen MR) is 122 cm³/mol. The lowest BCUT2D eigenvalue weighted by Gasteiger charge is -2.17. The molecule has 0 radical (unpaired) electrons. The second-order valence-electron chi connectivity index (χ2n) is 6.74. The summed E-state index contributed by atoms with van der Waals surface area (Å²) in [5, 5.41) is 6.63. The second kappa shape index (κ2) is 11.9. The van der Waals surface area contributed by atoms with Gasteiger partial charge in [-0.15, -0.1) is 24.0 Å². The van der Waals surface area contributed by atoms with Gasteiger partial charge in [0.05, 0.1) is 4.90 Å². The molecule has 27 heavy (non-hydrogen) atoms. The van der Waals surface area contributed by atoms with Gasteiger partial charge in [-0.3, -0.25) is 4.99 Å². The Hall–Kier alpha value is -0.870. The van der Waals surface area contributed by atoms with Gasteiger partial charge in [-0.25, -0.2) is 8.42 Å². The van der Waals surface area contributed by atoms with Crippen LogP contribution in [0.4, 0.5) is 0 Å². The molecule has 1 aromatic rings. The zero-order valence-corrected chi connectivity index (χ0v) is 19.7. The molecule has 154 valence electrons. The van der Waals surface area contributed by atoms with Crippen LogP contribution in [-0.4, -0.2) is 45.4 Å². The van der Waals surface area contributed by atoms with E-state index in [2.05, 4.69) is 29.5 Å². The SMILES string of the molecule is CCC(CC)CNC(=NC)NCc1ccc(S(=O)(=O)N2CCCC2)cc1.I. The highest BCUT2D eigenvalue weighted by Crippen LogP contribution is 2.21. The summed E-state index contributed by atoms with van der Waals surface area (Å²) < 4.78 is 26.7. The fourth-order valence-corrected chi connectivity index (χ4v) is 4.60. The van der Waals surface area contributed by atoms with Crippen molar-refractivity contribution in [3.8, 4) is 0 Å². The molecule has 0 amide bonds. The highest BCUT2D eigenvalue weighted by Gasteiger charge is 2.26. The third kappa shape index (κ3) is 6.90. The van der Waals surface area contributed by atoms with Crippen LogP contribution in [0.5, 0.6) is 0 Å². The zero-order valence-electron chi connectivity index (χ0n) is 16.6. The Morgan fingerprint density at radius 1 is 1.11 bits per heavy atom. The molecule has 1 fully saturated rings. The van der Waals surface area contributed by atoms with Gasteiger partial charge in [-0.1, -0.05) is 38.8 Å². The predicted octanol–water partition coefficient (Wildman–Crippen LogP) is 3.19. The van der Waals surface area contributed by atoms with Crippen LogP contribution in [0, 0.1) is 5.92 Å². The van der Waals surface area contributed by atoms with Crippen molar-refractivity contribution in [1.82, 2.24) is 14.9 Å². The molecule has 0 unspecified atom stereocenters. The summed E-state index contributed by atoms with van der Waals surface area (Å²) in [6.07, 6.45) is 4.19. The summed E-state index contributed by atoms with van der Waals surface area (Å²) in [5.41, 5.74) is 1.02. The lowest BCUT2D eigenvalue weighted by atomic mass is 10.0. The fourth-order valence-electron chi connectivity index (χ4n) is 3.08. The summed E-state index contributed by atoms with van der Waals surface area (Å²) >= 11 is 0. The maximum absolute atomic E-state index is 12.5. The quantitative estimate of drug-likeness (QED) is 0.322. The third-order valence-electron chi connectivity index (χ3n) is 5.02. The zero-order chi connectivity index (χ0) is 19.0. The van der Waals surface area contributed by atoms with Crippen molar-refractivity contribution in [1.29, 1.82) is 0 Å². The van der Waals surface area contributed by atoms with E-state index in [1.165, 1.54) is 0 Å². The van der Waals surface area contributed by atoms with E-state index in [4.69, 9.17) is 0 Å². The molecule has 0 aliphatic carbocycles. The molecular weight excluding hydrogens is 475 g/mol. The molecule has 0 spiro atoms. The minimum absolute atomic E-state index is 0. The number of guanidine groups is 1. The van der Waals surface area contributed by atoms with E-state index in [-0.39, 0.29) is 24.0 Å². The number of nitrogens with one attached hydrogen (secondary N) is 2. The van der Waals surface area contributed by atoms with E-state index < -0.39 is 10.0 Å². The molecule has 2 rings (SSSR count). The molecule has 1 aliphatic heterocycles. The Morgan fingerprint density at radius 2 is 1.70 bits per heavy atom. The summed E-state index contributed by atoms with van der Waals surface area (Å²) in [4.78, 5) is 4.62. The van der Waals surface area contributed by atoms with Crippen LogP contribution in [0.15, 0.2) is 34.2 Å². The van der Waals surface area contributed by atoms with Crippen molar-refractivity contribution >= 4 is 40.0 Å². The smallest absolute Gasteiger partial charge is 0.243 e. The van der Waals surface area contributed by atoms with E-state index in [0.29, 0.717) is 30.4 Å². The summed E-state index contributed by atoms with van der Waals surface area (Å²) in [6.45, 7) is 7.16. The molecule has 1 saturated heterocycles. The van der Waals surface area contributed by atoms with Crippen LogP contribution in [0.25, 0.3) is 0 Å². The topological polar surface area (TPSA) is 73.8 Å². The summed E-state index contributed by atoms with van der Waals surface area (Å²) in [5.74, 6) is 1.41. The van der Waals surface area contributed by atoms with Crippen molar-refractivity contribution < 1.29 is 8.42 Å². The van der Waals surface area contributed by atoms with Crippen LogP contribution >= 0.6 is 24.0 Å². The lowest BCUT2D eigenvalue weighted by Crippen LogP contribution is -2.39. The Balaban J connectivity index is 0.00000364. The first-order valence-electron chi connectivity index (χ1n) is 9.54. The van der Waals surface area contributed by atoms with Crippen molar-refractivity contribution in [3.05, 3.63) is 29.8 Å². The van der Waals surface area contributed by atoms with Gasteiger partial charge in [-0.2, -0.15) is 4.31 Å². The summed E-state index contributed by atoms with van der Waals surface area (Å²) in [7, 11) is -1.58. The molecular formula is C19H33IN4O2S. The van der Waals surface area contributed by atoms with Crippen molar-refractivity contribution in [3.63, 3.8) is 0 Å². The minimum Gasteiger partial charge on any atom is -0.356 e. The normalized spacial score (nSPS) is 15.6. The maximum atomic E-state index is 12.5. The molecule has 0 saturated carbocycles. The minimum atomic E-state index is -3.34. The van der Waals surface area contributed by atoms with E-state index >= 15 is 0 Å². The number of nitrogens with zero attached hydrogens (tertiary/aromatic N) is 2. The number of rotatable bonds is 8. The van der Waals surface area contributed by atoms with Crippen LogP contribution in [0.1, 0.15) is 45.1 Å². The van der Waals surface area contributed by atoms with Gasteiger partial charge in [0, 0.05) is 33.2 Å². The highest BCUT2D eigenvalue weighted by molar-refractivity contribution is 14.0. The molecule has 0 bridgehead atoms. The van der Waals surface area contributed by atoms with Crippen LogP contribution < -0.4 is 10.6 Å².